The minimum absolute atomic E-state index is 0.166. The Labute approximate surface area is 197 Å². The van der Waals surface area contributed by atoms with E-state index in [9.17, 15) is 27.9 Å². The molecule has 1 fully saturated rings. The van der Waals surface area contributed by atoms with E-state index in [0.29, 0.717) is 37.5 Å². The van der Waals surface area contributed by atoms with Crippen LogP contribution in [0.4, 0.5) is 27.6 Å². The first-order chi connectivity index (χ1) is 15.9. The van der Waals surface area contributed by atoms with Crippen molar-refractivity contribution in [2.45, 2.75) is 50.2 Å². The number of rotatable bonds is 5. The third kappa shape index (κ3) is 5.50. The van der Waals surface area contributed by atoms with Crippen molar-refractivity contribution in [3.05, 3.63) is 63.9 Å². The van der Waals surface area contributed by atoms with Gasteiger partial charge in [-0.3, -0.25) is 9.59 Å². The summed E-state index contributed by atoms with van der Waals surface area (Å²) in [6, 6.07) is 3.26. The maximum Gasteiger partial charge on any atom is 0.351 e. The normalized spacial score (nSPS) is 18.8. The Bertz CT molecular complexity index is 1080. The number of likely N-dealkylation sites (N-methyl/N-ethyl adjacent to an activating group) is 1. The number of hydrogen-bond donors (Lipinski definition) is 2. The molecule has 1 saturated carbocycles. The molecule has 2 aromatic carbocycles. The summed E-state index contributed by atoms with van der Waals surface area (Å²) in [6.07, 6.45) is 1.84. The molecule has 1 aliphatic rings. The molecular weight excluding hydrogens is 483 g/mol. The van der Waals surface area contributed by atoms with Crippen LogP contribution in [0.1, 0.15) is 48.0 Å². The summed E-state index contributed by atoms with van der Waals surface area (Å²) in [5.41, 5.74) is -1.73. The molecule has 0 bridgehead atoms. The van der Waals surface area contributed by atoms with Crippen molar-refractivity contribution < 1.29 is 36.6 Å². The zero-order valence-electron chi connectivity index (χ0n) is 18.1. The van der Waals surface area contributed by atoms with Crippen molar-refractivity contribution >= 4 is 29.1 Å². The van der Waals surface area contributed by atoms with Crippen LogP contribution in [0.15, 0.2) is 30.3 Å². The predicted molar refractivity (Wildman–Crippen MR) is 115 cm³/mol. The van der Waals surface area contributed by atoms with E-state index in [4.69, 9.17) is 11.6 Å². The lowest BCUT2D eigenvalue weighted by molar-refractivity contribution is -0.160. The number of aliphatic hydroxyl groups excluding tert-OH is 1. The van der Waals surface area contributed by atoms with Crippen LogP contribution in [-0.2, 0) is 10.7 Å². The highest BCUT2D eigenvalue weighted by Crippen LogP contribution is 2.37. The van der Waals surface area contributed by atoms with Crippen LogP contribution >= 0.6 is 11.6 Å². The number of aliphatic hydroxyl groups is 1. The quantitative estimate of drug-likeness (QED) is 0.332. The summed E-state index contributed by atoms with van der Waals surface area (Å²) in [5, 5.41) is 11.6. The first kappa shape index (κ1) is 25.9. The fourth-order valence-corrected chi connectivity index (χ4v) is 4.14. The third-order valence-electron chi connectivity index (χ3n) is 5.81. The van der Waals surface area contributed by atoms with E-state index in [1.165, 1.54) is 7.05 Å². The first-order valence-corrected chi connectivity index (χ1v) is 10.9. The summed E-state index contributed by atoms with van der Waals surface area (Å²) in [7, 11) is 1.22. The predicted octanol–water partition coefficient (Wildman–Crippen LogP) is 5.25. The maximum absolute atomic E-state index is 15.2. The molecule has 0 unspecified atom stereocenters. The zero-order chi connectivity index (χ0) is 25.2. The van der Waals surface area contributed by atoms with E-state index in [2.05, 4.69) is 5.32 Å². The van der Waals surface area contributed by atoms with Crippen molar-refractivity contribution in [3.8, 4) is 0 Å². The molecule has 0 heterocycles. The topological polar surface area (TPSA) is 69.6 Å². The van der Waals surface area contributed by atoms with Gasteiger partial charge in [-0.2, -0.15) is 8.78 Å². The van der Waals surface area contributed by atoms with Crippen LogP contribution in [0.25, 0.3) is 0 Å². The number of alkyl halides is 2. The van der Waals surface area contributed by atoms with Gasteiger partial charge in [-0.05, 0) is 37.5 Å². The number of benzene rings is 2. The lowest BCUT2D eigenvalue weighted by Crippen LogP contribution is -2.46. The summed E-state index contributed by atoms with van der Waals surface area (Å²) >= 11 is 5.93. The molecule has 34 heavy (non-hydrogen) atoms. The Kier molecular flexibility index (Phi) is 7.82. The monoisotopic (exact) mass is 504 g/mol. The van der Waals surface area contributed by atoms with Gasteiger partial charge in [0.05, 0.1) is 16.7 Å². The number of carbonyl (C=O) groups excluding carboxylic acids is 2. The number of hydrogen-bond acceptors (Lipinski definition) is 3. The van der Waals surface area contributed by atoms with Crippen LogP contribution in [-0.4, -0.2) is 41.0 Å². The average molecular weight is 505 g/mol. The van der Waals surface area contributed by atoms with E-state index < -0.39 is 63.6 Å². The number of halogens is 6. The molecule has 2 aromatic rings. The molecule has 0 spiro atoms. The van der Waals surface area contributed by atoms with Gasteiger partial charge in [0.25, 0.3) is 11.8 Å². The molecule has 184 valence electrons. The fraction of sp³-hybridized carbons (Fsp3) is 0.391. The Morgan fingerprint density at radius 2 is 1.71 bits per heavy atom. The number of amides is 2. The van der Waals surface area contributed by atoms with Crippen molar-refractivity contribution in [1.82, 2.24) is 4.90 Å². The summed E-state index contributed by atoms with van der Waals surface area (Å²) in [4.78, 5) is 26.1. The van der Waals surface area contributed by atoms with Crippen LogP contribution in [0.2, 0.25) is 5.02 Å². The molecule has 0 radical (unpaired) electrons. The molecule has 2 atom stereocenters. The van der Waals surface area contributed by atoms with E-state index >= 15 is 8.78 Å². The standard InChI is InChI=1S/C23H22ClF5N2O3/c1-31(14-4-2-3-5-15(32)11-14)22(34)23(28,29)16-8-12(6-7-17(16)24)21(33)30-13-9-18(25)20(27)19(26)10-13/h6-10,14-15,32H,2-5,11H2,1H3,(H,30,33)/t14-,15+/m1/s1. The first-order valence-electron chi connectivity index (χ1n) is 10.5. The second-order valence-corrected chi connectivity index (χ2v) is 8.63. The SMILES string of the molecule is CN(C(=O)C(F)(F)c1cc(C(=O)Nc2cc(F)c(F)c(F)c2)ccc1Cl)[C@@H]1CCCC[C@H](O)C1. The van der Waals surface area contributed by atoms with E-state index in [1.54, 1.807) is 0 Å². The number of nitrogens with zero attached hydrogens (tertiary/aromatic N) is 1. The van der Waals surface area contributed by atoms with Gasteiger partial charge >= 0.3 is 5.92 Å². The van der Waals surface area contributed by atoms with Crippen molar-refractivity contribution in [1.29, 1.82) is 0 Å². The molecule has 0 aliphatic heterocycles. The minimum Gasteiger partial charge on any atom is -0.393 e. The lowest BCUT2D eigenvalue weighted by Gasteiger charge is -2.31. The zero-order valence-corrected chi connectivity index (χ0v) is 18.8. The summed E-state index contributed by atoms with van der Waals surface area (Å²) < 4.78 is 70.3. The smallest absolute Gasteiger partial charge is 0.351 e. The molecule has 2 amide bonds. The molecule has 5 nitrogen and oxygen atoms in total. The number of anilines is 1. The van der Waals surface area contributed by atoms with Gasteiger partial charge in [0, 0.05) is 36.5 Å². The van der Waals surface area contributed by atoms with Crippen molar-refractivity contribution in [3.63, 3.8) is 0 Å². The molecule has 2 N–H and O–H groups in total. The van der Waals surface area contributed by atoms with Crippen LogP contribution in [0, 0.1) is 17.5 Å². The lowest BCUT2D eigenvalue weighted by atomic mass is 10.0. The summed E-state index contributed by atoms with van der Waals surface area (Å²) in [5.74, 6) is -11.5. The van der Waals surface area contributed by atoms with Crippen molar-refractivity contribution in [2.75, 3.05) is 12.4 Å². The van der Waals surface area contributed by atoms with Gasteiger partial charge in [-0.25, -0.2) is 13.2 Å². The molecule has 0 saturated heterocycles. The number of carbonyl (C=O) groups is 2. The third-order valence-corrected chi connectivity index (χ3v) is 6.14. The van der Waals surface area contributed by atoms with Crippen molar-refractivity contribution in [2.24, 2.45) is 0 Å². The van der Waals surface area contributed by atoms with Gasteiger partial charge in [-0.1, -0.05) is 24.4 Å². The highest BCUT2D eigenvalue weighted by molar-refractivity contribution is 6.32. The highest BCUT2D eigenvalue weighted by atomic mass is 35.5. The Hall–Kier alpha value is -2.72. The van der Waals surface area contributed by atoms with Crippen LogP contribution in [0.3, 0.4) is 0 Å². The van der Waals surface area contributed by atoms with Crippen LogP contribution in [0.5, 0.6) is 0 Å². The largest absolute Gasteiger partial charge is 0.393 e. The molecular formula is C23H22ClF5N2O3. The minimum atomic E-state index is -4.10. The average Bonchev–Trinajstić information content (AvgIpc) is 3.00. The van der Waals surface area contributed by atoms with Gasteiger partial charge in [0.2, 0.25) is 0 Å². The van der Waals surface area contributed by atoms with Gasteiger partial charge < -0.3 is 15.3 Å². The Morgan fingerprint density at radius 3 is 2.35 bits per heavy atom. The maximum atomic E-state index is 15.2. The molecule has 0 aromatic heterocycles. The second-order valence-electron chi connectivity index (χ2n) is 8.22. The van der Waals surface area contributed by atoms with Gasteiger partial charge in [0.1, 0.15) is 0 Å². The second kappa shape index (κ2) is 10.3. The Balaban J connectivity index is 1.85. The van der Waals surface area contributed by atoms with E-state index in [0.717, 1.165) is 23.5 Å². The van der Waals surface area contributed by atoms with E-state index in [1.807, 2.05) is 0 Å². The highest BCUT2D eigenvalue weighted by Gasteiger charge is 2.46. The number of nitrogens with one attached hydrogen (secondary N) is 1. The summed E-state index contributed by atoms with van der Waals surface area (Å²) in [6.45, 7) is 0. The van der Waals surface area contributed by atoms with Gasteiger partial charge in [-0.15, -0.1) is 0 Å². The molecule has 1 aliphatic carbocycles. The molecule has 11 heteroatoms. The Morgan fingerprint density at radius 1 is 1.09 bits per heavy atom. The fourth-order valence-electron chi connectivity index (χ4n) is 3.90. The van der Waals surface area contributed by atoms with Gasteiger partial charge in [0.15, 0.2) is 17.5 Å². The molecule has 3 rings (SSSR count). The van der Waals surface area contributed by atoms with Crippen LogP contribution < -0.4 is 5.32 Å². The van der Waals surface area contributed by atoms with E-state index in [-0.39, 0.29) is 12.0 Å².